The van der Waals surface area contributed by atoms with Crippen LogP contribution < -0.4 is 19.7 Å². The summed E-state index contributed by atoms with van der Waals surface area (Å²) < 4.78 is 41.1. The molecule has 1 unspecified atom stereocenters. The molecule has 326 valence electrons. The molecule has 15 nitrogen and oxygen atoms in total. The van der Waals surface area contributed by atoms with E-state index >= 15 is 0 Å². The Kier molecular flexibility index (Phi) is 11.6. The number of fused-ring (bicyclic) bond motifs is 1. The van der Waals surface area contributed by atoms with Crippen LogP contribution in [0, 0.1) is 21.4 Å². The SMILES string of the molecule is CC(C)c1ccccc1C1CCCN1C1CC2(CCN(c3ccc(C(=O)NS(=O)(=O)c4cc([N+](=O)[O-])c(NCC5CCOCC5)cn4)c(Oc4cnc5[nH]ccc5c4)c3)CC2)C1. The van der Waals surface area contributed by atoms with Gasteiger partial charge in [-0.3, -0.25) is 19.8 Å². The molecule has 16 heteroatoms. The number of H-pyrrole nitrogens is 1. The molecule has 0 radical (unpaired) electrons. The number of hydrogen-bond donors (Lipinski definition) is 3. The molecule has 3 N–H and O–H groups in total. The average Bonchev–Trinajstić information content (AvgIpc) is 3.95. The molecule has 3 saturated heterocycles. The Morgan fingerprint density at radius 2 is 1.81 bits per heavy atom. The number of nitrogens with zero attached hydrogens (tertiary/aromatic N) is 5. The number of benzene rings is 2. The van der Waals surface area contributed by atoms with Crippen LogP contribution >= 0.6 is 0 Å². The smallest absolute Gasteiger partial charge is 0.296 e. The fraction of sp³-hybridized carbons (Fsp3) is 0.457. The van der Waals surface area contributed by atoms with Crippen LogP contribution in [0.3, 0.4) is 0 Å². The van der Waals surface area contributed by atoms with Crippen molar-refractivity contribution in [3.8, 4) is 11.5 Å². The number of carbonyl (C=O) groups excluding carboxylic acids is 1. The number of pyridine rings is 2. The summed E-state index contributed by atoms with van der Waals surface area (Å²) in [6.07, 6.45) is 13.0. The quantitative estimate of drug-likeness (QED) is 0.0761. The van der Waals surface area contributed by atoms with Crippen LogP contribution in [0.25, 0.3) is 11.0 Å². The van der Waals surface area contributed by atoms with Gasteiger partial charge >= 0.3 is 0 Å². The molecule has 1 aliphatic carbocycles. The molecular weight excluding hydrogens is 809 g/mol. The number of sulfonamides is 1. The van der Waals surface area contributed by atoms with Crippen molar-refractivity contribution in [1.29, 1.82) is 0 Å². The number of nitro groups is 1. The average molecular weight is 863 g/mol. The predicted octanol–water partition coefficient (Wildman–Crippen LogP) is 8.33. The third-order valence-electron chi connectivity index (χ3n) is 13.6. The van der Waals surface area contributed by atoms with Gasteiger partial charge in [0.15, 0.2) is 5.03 Å². The van der Waals surface area contributed by atoms with Crippen molar-refractivity contribution < 1.29 is 27.6 Å². The first kappa shape index (κ1) is 41.8. The molecule has 1 atom stereocenters. The highest BCUT2D eigenvalue weighted by Gasteiger charge is 2.50. The molecule has 4 aliphatic rings. The van der Waals surface area contributed by atoms with Crippen LogP contribution in [0.2, 0.25) is 0 Å². The summed E-state index contributed by atoms with van der Waals surface area (Å²) in [4.78, 5) is 41.9. The van der Waals surface area contributed by atoms with E-state index in [1.807, 2.05) is 12.1 Å². The van der Waals surface area contributed by atoms with Gasteiger partial charge in [-0.05, 0) is 111 Å². The van der Waals surface area contributed by atoms with Crippen molar-refractivity contribution in [2.24, 2.45) is 11.3 Å². The largest absolute Gasteiger partial charge is 0.455 e. The van der Waals surface area contributed by atoms with Gasteiger partial charge in [-0.1, -0.05) is 38.1 Å². The van der Waals surface area contributed by atoms with Crippen LogP contribution in [0.4, 0.5) is 17.1 Å². The second kappa shape index (κ2) is 17.3. The Morgan fingerprint density at radius 3 is 2.58 bits per heavy atom. The van der Waals surface area contributed by atoms with E-state index in [0.717, 1.165) is 68.7 Å². The Bertz CT molecular complexity index is 2560. The van der Waals surface area contributed by atoms with E-state index in [-0.39, 0.29) is 22.9 Å². The maximum Gasteiger partial charge on any atom is 0.296 e. The molecule has 3 aliphatic heterocycles. The van der Waals surface area contributed by atoms with E-state index in [0.29, 0.717) is 54.6 Å². The van der Waals surface area contributed by atoms with E-state index in [1.54, 1.807) is 24.4 Å². The van der Waals surface area contributed by atoms with Gasteiger partial charge in [0.2, 0.25) is 0 Å². The van der Waals surface area contributed by atoms with Gasteiger partial charge in [-0.25, -0.2) is 14.7 Å². The molecule has 2 aromatic carbocycles. The van der Waals surface area contributed by atoms with Gasteiger partial charge in [0.05, 0.1) is 28.9 Å². The summed E-state index contributed by atoms with van der Waals surface area (Å²) in [5.41, 5.74) is 4.38. The van der Waals surface area contributed by atoms with Crippen LogP contribution in [0.5, 0.6) is 11.5 Å². The number of ether oxygens (including phenoxy) is 2. The maximum atomic E-state index is 13.9. The Hall–Kier alpha value is -5.58. The van der Waals surface area contributed by atoms with E-state index in [1.165, 1.54) is 43.0 Å². The predicted molar refractivity (Wildman–Crippen MR) is 236 cm³/mol. The number of rotatable bonds is 13. The number of carbonyl (C=O) groups is 1. The van der Waals surface area contributed by atoms with Gasteiger partial charge < -0.3 is 24.7 Å². The third-order valence-corrected chi connectivity index (χ3v) is 14.8. The number of anilines is 2. The van der Waals surface area contributed by atoms with Crippen molar-refractivity contribution in [2.45, 2.75) is 88.2 Å². The first-order valence-electron chi connectivity index (χ1n) is 21.8. The minimum absolute atomic E-state index is 0.0368. The summed E-state index contributed by atoms with van der Waals surface area (Å²) in [6.45, 7) is 9.09. The standard InChI is InChI=1S/C46H54N8O7S/c1-30(2)36-6-3-4-7-37(36)40-8-5-17-53(40)34-25-46(26-34)14-18-52(19-15-46)33-9-10-38(42(23-33)61-35-22-32-11-16-47-44(32)50-28-35)45(55)51-62(58,59)43-24-41(54(56)57)39(29-49-43)48-27-31-12-20-60-21-13-31/h3-4,6-7,9-11,16,22-24,28-31,34,40,48H,5,8,12-15,17-21,25-27H2,1-2H3,(H,47,50)(H,51,55). The van der Waals surface area contributed by atoms with Crippen molar-refractivity contribution in [1.82, 2.24) is 24.6 Å². The zero-order chi connectivity index (χ0) is 43.0. The fourth-order valence-corrected chi connectivity index (χ4v) is 11.0. The fourth-order valence-electron chi connectivity index (χ4n) is 10.1. The lowest BCUT2D eigenvalue weighted by Gasteiger charge is -2.56. The number of hydrogen-bond acceptors (Lipinski definition) is 12. The molecule has 3 aromatic heterocycles. The monoisotopic (exact) mass is 862 g/mol. The Labute approximate surface area is 361 Å². The van der Waals surface area contributed by atoms with Gasteiger partial charge in [0.25, 0.3) is 21.6 Å². The topological polar surface area (TPSA) is 185 Å². The number of likely N-dealkylation sites (tertiary alicyclic amines) is 1. The first-order valence-corrected chi connectivity index (χ1v) is 23.3. The number of piperidine rings is 1. The number of aromatic amines is 1. The van der Waals surface area contributed by atoms with Crippen LogP contribution in [0.1, 0.15) is 98.7 Å². The molecule has 0 bridgehead atoms. The molecule has 9 rings (SSSR count). The lowest BCUT2D eigenvalue weighted by molar-refractivity contribution is -0.384. The number of aromatic nitrogens is 3. The van der Waals surface area contributed by atoms with Crippen molar-refractivity contribution >= 4 is 44.0 Å². The van der Waals surface area contributed by atoms with E-state index in [9.17, 15) is 23.3 Å². The van der Waals surface area contributed by atoms with E-state index in [4.69, 9.17) is 9.47 Å². The molecule has 62 heavy (non-hydrogen) atoms. The minimum Gasteiger partial charge on any atom is -0.455 e. The second-order valence-electron chi connectivity index (χ2n) is 17.8. The summed E-state index contributed by atoms with van der Waals surface area (Å²) >= 11 is 0. The molecule has 1 spiro atoms. The first-order chi connectivity index (χ1) is 29.9. The molecule has 4 fully saturated rings. The van der Waals surface area contributed by atoms with Crippen LogP contribution in [0.15, 0.2) is 84.3 Å². The van der Waals surface area contributed by atoms with Crippen LogP contribution in [-0.2, 0) is 14.8 Å². The number of amides is 1. The summed E-state index contributed by atoms with van der Waals surface area (Å²) in [7, 11) is -4.65. The van der Waals surface area contributed by atoms with Crippen LogP contribution in [-0.4, -0.2) is 84.5 Å². The normalized spacial score (nSPS) is 19.8. The van der Waals surface area contributed by atoms with Gasteiger partial charge in [0.1, 0.15) is 22.8 Å². The molecule has 6 heterocycles. The summed E-state index contributed by atoms with van der Waals surface area (Å²) in [5.74, 6) is 0.284. The van der Waals surface area contributed by atoms with Crippen molar-refractivity contribution in [3.63, 3.8) is 0 Å². The van der Waals surface area contributed by atoms with Crippen molar-refractivity contribution in [3.05, 3.63) is 106 Å². The van der Waals surface area contributed by atoms with Gasteiger partial charge in [-0.15, -0.1) is 0 Å². The molecule has 1 saturated carbocycles. The second-order valence-corrected chi connectivity index (χ2v) is 19.4. The van der Waals surface area contributed by atoms with E-state index in [2.05, 4.69) is 72.9 Å². The van der Waals surface area contributed by atoms with E-state index < -0.39 is 31.6 Å². The Morgan fingerprint density at radius 1 is 1.02 bits per heavy atom. The molecule has 1 amide bonds. The number of nitrogens with one attached hydrogen (secondary N) is 3. The highest BCUT2D eigenvalue weighted by molar-refractivity contribution is 7.90. The zero-order valence-electron chi connectivity index (χ0n) is 35.2. The zero-order valence-corrected chi connectivity index (χ0v) is 36.0. The summed E-state index contributed by atoms with van der Waals surface area (Å²) in [6, 6.07) is 19.7. The summed E-state index contributed by atoms with van der Waals surface area (Å²) in [5, 5.41) is 15.3. The van der Waals surface area contributed by atoms with Gasteiger partial charge in [-0.2, -0.15) is 8.42 Å². The lowest BCUT2D eigenvalue weighted by atomic mass is 9.59. The highest BCUT2D eigenvalue weighted by Crippen LogP contribution is 2.54. The molecular formula is C46H54N8O7S. The Balaban J connectivity index is 0.903. The third kappa shape index (κ3) is 8.59. The minimum atomic E-state index is -4.65. The van der Waals surface area contributed by atoms with Gasteiger partial charge in [0, 0.05) is 68.3 Å². The maximum absolute atomic E-state index is 13.9. The van der Waals surface area contributed by atoms with Crippen molar-refractivity contribution in [2.75, 3.05) is 49.6 Å². The molecule has 5 aromatic rings. The lowest BCUT2D eigenvalue weighted by Crippen LogP contribution is -2.54. The highest BCUT2D eigenvalue weighted by atomic mass is 32.2.